The van der Waals surface area contributed by atoms with Crippen molar-refractivity contribution in [1.29, 1.82) is 0 Å². The highest BCUT2D eigenvalue weighted by Gasteiger charge is 2.32. The molecule has 2 atom stereocenters. The van der Waals surface area contributed by atoms with E-state index in [1.807, 2.05) is 12.3 Å². The maximum absolute atomic E-state index is 5.10. The number of methoxy groups -OCH3 is 1. The number of nitrogens with one attached hydrogen (secondary N) is 1. The zero-order valence-electron chi connectivity index (χ0n) is 12.4. The van der Waals surface area contributed by atoms with Gasteiger partial charge in [-0.3, -0.25) is 4.90 Å². The van der Waals surface area contributed by atoms with Crippen molar-refractivity contribution in [3.8, 4) is 5.88 Å². The number of hydrogen-bond donors (Lipinski definition) is 1. The summed E-state index contributed by atoms with van der Waals surface area (Å²) in [5, 5.41) is 3.65. The van der Waals surface area contributed by atoms with Crippen molar-refractivity contribution in [2.45, 2.75) is 45.3 Å². The summed E-state index contributed by atoms with van der Waals surface area (Å²) in [5.74, 6) is 0.676. The van der Waals surface area contributed by atoms with Crippen LogP contribution in [0, 0.1) is 0 Å². The predicted molar refractivity (Wildman–Crippen MR) is 77.4 cm³/mol. The molecule has 4 nitrogen and oxygen atoms in total. The van der Waals surface area contributed by atoms with E-state index in [0.29, 0.717) is 11.9 Å². The van der Waals surface area contributed by atoms with E-state index in [0.717, 1.165) is 26.1 Å². The lowest BCUT2D eigenvalue weighted by atomic mass is 9.93. The summed E-state index contributed by atoms with van der Waals surface area (Å²) < 4.78 is 5.10. The van der Waals surface area contributed by atoms with Crippen LogP contribution in [0.5, 0.6) is 5.88 Å². The fourth-order valence-electron chi connectivity index (χ4n) is 2.49. The fourth-order valence-corrected chi connectivity index (χ4v) is 2.49. The van der Waals surface area contributed by atoms with Gasteiger partial charge in [-0.05, 0) is 25.8 Å². The fraction of sp³-hybridized carbons (Fsp3) is 0.667. The SMILES string of the molecule is CCC1(C)CN(Cc2ccc(OC)nc2)C(C)CN1. The molecule has 0 spiro atoms. The van der Waals surface area contributed by atoms with Gasteiger partial charge >= 0.3 is 0 Å². The topological polar surface area (TPSA) is 37.4 Å². The lowest BCUT2D eigenvalue weighted by Crippen LogP contribution is -2.61. The summed E-state index contributed by atoms with van der Waals surface area (Å²) in [4.78, 5) is 6.81. The van der Waals surface area contributed by atoms with E-state index in [1.54, 1.807) is 7.11 Å². The number of rotatable bonds is 4. The van der Waals surface area contributed by atoms with Crippen LogP contribution in [0.25, 0.3) is 0 Å². The van der Waals surface area contributed by atoms with Gasteiger partial charge in [0.05, 0.1) is 7.11 Å². The molecule has 4 heteroatoms. The molecule has 19 heavy (non-hydrogen) atoms. The van der Waals surface area contributed by atoms with E-state index in [9.17, 15) is 0 Å². The second kappa shape index (κ2) is 5.88. The second-order valence-corrected chi connectivity index (χ2v) is 5.76. The zero-order valence-corrected chi connectivity index (χ0v) is 12.4. The molecular weight excluding hydrogens is 238 g/mol. The largest absolute Gasteiger partial charge is 0.481 e. The molecule has 2 unspecified atom stereocenters. The van der Waals surface area contributed by atoms with Crippen molar-refractivity contribution >= 4 is 0 Å². The van der Waals surface area contributed by atoms with Gasteiger partial charge in [-0.2, -0.15) is 0 Å². The minimum absolute atomic E-state index is 0.229. The van der Waals surface area contributed by atoms with Crippen molar-refractivity contribution in [2.24, 2.45) is 0 Å². The molecule has 1 N–H and O–H groups in total. The van der Waals surface area contributed by atoms with E-state index in [1.165, 1.54) is 5.56 Å². The number of aromatic nitrogens is 1. The quantitative estimate of drug-likeness (QED) is 0.902. The van der Waals surface area contributed by atoms with E-state index >= 15 is 0 Å². The monoisotopic (exact) mass is 263 g/mol. The van der Waals surface area contributed by atoms with Crippen LogP contribution < -0.4 is 10.1 Å². The Bertz CT molecular complexity index is 406. The summed E-state index contributed by atoms with van der Waals surface area (Å²) in [6, 6.07) is 4.59. The first-order chi connectivity index (χ1) is 9.06. The van der Waals surface area contributed by atoms with Gasteiger partial charge in [-0.1, -0.05) is 13.0 Å². The Kier molecular flexibility index (Phi) is 4.42. The van der Waals surface area contributed by atoms with Crippen LogP contribution in [0.3, 0.4) is 0 Å². The third kappa shape index (κ3) is 3.45. The first-order valence-corrected chi connectivity index (χ1v) is 7.04. The van der Waals surface area contributed by atoms with E-state index < -0.39 is 0 Å². The molecule has 0 amide bonds. The molecule has 0 aliphatic carbocycles. The molecule has 2 rings (SSSR count). The maximum Gasteiger partial charge on any atom is 0.212 e. The maximum atomic E-state index is 5.10. The molecule has 106 valence electrons. The molecule has 0 saturated carbocycles. The Hall–Kier alpha value is -1.13. The average molecular weight is 263 g/mol. The van der Waals surface area contributed by atoms with Crippen molar-refractivity contribution in [1.82, 2.24) is 15.2 Å². The highest BCUT2D eigenvalue weighted by atomic mass is 16.5. The second-order valence-electron chi connectivity index (χ2n) is 5.76. The van der Waals surface area contributed by atoms with Crippen LogP contribution in [0.1, 0.15) is 32.8 Å². The van der Waals surface area contributed by atoms with E-state index in [4.69, 9.17) is 4.74 Å². The van der Waals surface area contributed by atoms with Gasteiger partial charge in [-0.25, -0.2) is 4.98 Å². The molecule has 1 saturated heterocycles. The Balaban J connectivity index is 2.03. The lowest BCUT2D eigenvalue weighted by molar-refractivity contribution is 0.0865. The molecule has 2 heterocycles. The average Bonchev–Trinajstić information content (AvgIpc) is 2.44. The molecule has 1 aromatic heterocycles. The summed E-state index contributed by atoms with van der Waals surface area (Å²) >= 11 is 0. The minimum Gasteiger partial charge on any atom is -0.481 e. The molecule has 1 aliphatic rings. The first kappa shape index (κ1) is 14.3. The summed E-state index contributed by atoms with van der Waals surface area (Å²) in [6.07, 6.45) is 3.06. The van der Waals surface area contributed by atoms with Crippen LogP contribution in [0.15, 0.2) is 18.3 Å². The van der Waals surface area contributed by atoms with Crippen molar-refractivity contribution in [3.63, 3.8) is 0 Å². The summed E-state index contributed by atoms with van der Waals surface area (Å²) in [6.45, 7) is 9.91. The third-order valence-electron chi connectivity index (χ3n) is 4.17. The molecule has 0 aromatic carbocycles. The number of ether oxygens (including phenoxy) is 1. The van der Waals surface area contributed by atoms with Crippen LogP contribution in [-0.2, 0) is 6.54 Å². The highest BCUT2D eigenvalue weighted by Crippen LogP contribution is 2.21. The van der Waals surface area contributed by atoms with Crippen molar-refractivity contribution in [2.75, 3.05) is 20.2 Å². The number of piperazine rings is 1. The lowest BCUT2D eigenvalue weighted by Gasteiger charge is -2.45. The van der Waals surface area contributed by atoms with Gasteiger partial charge in [0.25, 0.3) is 0 Å². The third-order valence-corrected chi connectivity index (χ3v) is 4.17. The van der Waals surface area contributed by atoms with E-state index in [2.05, 4.69) is 42.0 Å². The van der Waals surface area contributed by atoms with Gasteiger partial charge in [-0.15, -0.1) is 0 Å². The van der Waals surface area contributed by atoms with Crippen molar-refractivity contribution < 1.29 is 4.74 Å². The predicted octanol–water partition coefficient (Wildman–Crippen LogP) is 2.05. The van der Waals surface area contributed by atoms with Gasteiger partial charge in [0, 0.05) is 43.5 Å². The Labute approximate surface area is 116 Å². The normalized spacial score (nSPS) is 28.3. The van der Waals surface area contributed by atoms with Gasteiger partial charge in [0.2, 0.25) is 5.88 Å². The molecular formula is C15H25N3O. The Morgan fingerprint density at radius 1 is 1.53 bits per heavy atom. The van der Waals surface area contributed by atoms with Crippen LogP contribution in [0.2, 0.25) is 0 Å². The molecule has 1 aromatic rings. The summed E-state index contributed by atoms with van der Waals surface area (Å²) in [7, 11) is 1.65. The highest BCUT2D eigenvalue weighted by molar-refractivity contribution is 5.18. The molecule has 1 aliphatic heterocycles. The van der Waals surface area contributed by atoms with Crippen molar-refractivity contribution in [3.05, 3.63) is 23.9 Å². The minimum atomic E-state index is 0.229. The number of nitrogens with zero attached hydrogens (tertiary/aromatic N) is 2. The van der Waals surface area contributed by atoms with Gasteiger partial charge < -0.3 is 10.1 Å². The van der Waals surface area contributed by atoms with Crippen LogP contribution in [0.4, 0.5) is 0 Å². The number of pyridine rings is 1. The van der Waals surface area contributed by atoms with Crippen LogP contribution in [-0.4, -0.2) is 41.7 Å². The molecule has 0 bridgehead atoms. The Morgan fingerprint density at radius 3 is 2.89 bits per heavy atom. The standard InChI is InChI=1S/C15H25N3O/c1-5-15(3)11-18(12(2)8-17-15)10-13-6-7-14(19-4)16-9-13/h6-7,9,12,17H,5,8,10-11H2,1-4H3. The molecule has 1 fully saturated rings. The number of hydrogen-bond acceptors (Lipinski definition) is 4. The first-order valence-electron chi connectivity index (χ1n) is 7.04. The smallest absolute Gasteiger partial charge is 0.212 e. The van der Waals surface area contributed by atoms with Gasteiger partial charge in [0.15, 0.2) is 0 Å². The summed E-state index contributed by atoms with van der Waals surface area (Å²) in [5.41, 5.74) is 1.47. The van der Waals surface area contributed by atoms with Crippen LogP contribution >= 0.6 is 0 Å². The Morgan fingerprint density at radius 2 is 2.32 bits per heavy atom. The van der Waals surface area contributed by atoms with E-state index in [-0.39, 0.29) is 5.54 Å². The zero-order chi connectivity index (χ0) is 13.9. The van der Waals surface area contributed by atoms with Gasteiger partial charge in [0.1, 0.15) is 0 Å². The molecule has 0 radical (unpaired) electrons.